The molecule has 1 aliphatic heterocycles. The van der Waals surface area contributed by atoms with Crippen molar-refractivity contribution in [2.75, 3.05) is 6.26 Å². The van der Waals surface area contributed by atoms with Gasteiger partial charge in [-0.3, -0.25) is 4.79 Å². The first kappa shape index (κ1) is 13.8. The van der Waals surface area contributed by atoms with Gasteiger partial charge in [-0.1, -0.05) is 36.4 Å². The van der Waals surface area contributed by atoms with Crippen molar-refractivity contribution in [2.24, 2.45) is 0 Å². The molecular formula is C16H15NO3S. The van der Waals surface area contributed by atoms with E-state index < -0.39 is 9.84 Å². The van der Waals surface area contributed by atoms with Crippen LogP contribution in [0.5, 0.6) is 0 Å². The second kappa shape index (κ2) is 5.00. The van der Waals surface area contributed by atoms with Crippen molar-refractivity contribution in [3.63, 3.8) is 0 Å². The lowest BCUT2D eigenvalue weighted by atomic mass is 9.90. The average molecular weight is 301 g/mol. The van der Waals surface area contributed by atoms with Crippen molar-refractivity contribution in [3.05, 3.63) is 65.2 Å². The number of carbonyl (C=O) groups excluding carboxylic acids is 1. The van der Waals surface area contributed by atoms with Crippen LogP contribution in [-0.2, 0) is 21.1 Å². The molecule has 0 aliphatic carbocycles. The minimum atomic E-state index is -3.21. The van der Waals surface area contributed by atoms with Crippen LogP contribution in [0.1, 0.15) is 22.7 Å². The summed E-state index contributed by atoms with van der Waals surface area (Å²) in [6.45, 7) is 0. The molecule has 1 aliphatic rings. The molecule has 0 fully saturated rings. The van der Waals surface area contributed by atoms with E-state index in [0.29, 0.717) is 6.42 Å². The molecule has 1 N–H and O–H groups in total. The van der Waals surface area contributed by atoms with Gasteiger partial charge in [0.2, 0.25) is 5.91 Å². The summed E-state index contributed by atoms with van der Waals surface area (Å²) in [5, 5.41) is 2.96. The number of hydrogen-bond donors (Lipinski definition) is 1. The summed E-state index contributed by atoms with van der Waals surface area (Å²) < 4.78 is 23.0. The molecular weight excluding hydrogens is 286 g/mol. The van der Waals surface area contributed by atoms with Gasteiger partial charge in [0.15, 0.2) is 9.84 Å². The molecule has 4 nitrogen and oxygen atoms in total. The van der Waals surface area contributed by atoms with Crippen molar-refractivity contribution in [1.82, 2.24) is 5.32 Å². The first-order valence-electron chi connectivity index (χ1n) is 6.62. The third-order valence-electron chi connectivity index (χ3n) is 3.66. The maximum absolute atomic E-state index is 11.8. The number of sulfone groups is 1. The Morgan fingerprint density at radius 1 is 1.05 bits per heavy atom. The Kier molecular flexibility index (Phi) is 3.29. The van der Waals surface area contributed by atoms with Crippen molar-refractivity contribution in [3.8, 4) is 0 Å². The van der Waals surface area contributed by atoms with E-state index in [9.17, 15) is 13.2 Å². The molecule has 0 bridgehead atoms. The Bertz CT molecular complexity index is 795. The minimum absolute atomic E-state index is 0.0223. The first-order valence-corrected chi connectivity index (χ1v) is 8.51. The van der Waals surface area contributed by atoms with Gasteiger partial charge >= 0.3 is 0 Å². The van der Waals surface area contributed by atoms with E-state index in [2.05, 4.69) is 5.32 Å². The molecule has 0 aromatic heterocycles. The van der Waals surface area contributed by atoms with Gasteiger partial charge in [-0.05, 0) is 28.8 Å². The van der Waals surface area contributed by atoms with Crippen LogP contribution in [0, 0.1) is 0 Å². The lowest BCUT2D eigenvalue weighted by Crippen LogP contribution is -2.35. The molecule has 2 aromatic carbocycles. The fraction of sp³-hybridized carbons (Fsp3) is 0.188. The van der Waals surface area contributed by atoms with Gasteiger partial charge in [0, 0.05) is 6.26 Å². The van der Waals surface area contributed by atoms with Crippen LogP contribution >= 0.6 is 0 Å². The Morgan fingerprint density at radius 3 is 2.38 bits per heavy atom. The number of fused-ring (bicyclic) bond motifs is 1. The molecule has 1 amide bonds. The van der Waals surface area contributed by atoms with E-state index in [0.717, 1.165) is 16.7 Å². The number of nitrogens with one attached hydrogen (secondary N) is 1. The highest BCUT2D eigenvalue weighted by molar-refractivity contribution is 7.90. The molecule has 0 saturated heterocycles. The largest absolute Gasteiger partial charge is 0.345 e. The third kappa shape index (κ3) is 2.69. The lowest BCUT2D eigenvalue weighted by molar-refractivity contribution is -0.121. The highest BCUT2D eigenvalue weighted by atomic mass is 32.2. The Labute approximate surface area is 123 Å². The highest BCUT2D eigenvalue weighted by Crippen LogP contribution is 2.29. The quantitative estimate of drug-likeness (QED) is 0.921. The maximum atomic E-state index is 11.8. The second-order valence-electron chi connectivity index (χ2n) is 5.22. The zero-order valence-corrected chi connectivity index (χ0v) is 12.4. The van der Waals surface area contributed by atoms with E-state index >= 15 is 0 Å². The number of benzene rings is 2. The standard InChI is InChI=1S/C16H15NO3S/c1-21(19,20)13-8-6-11(7-9-13)16-14-5-3-2-4-12(14)10-15(18)17-16/h2-9,16H,10H2,1H3,(H,17,18). The molecule has 108 valence electrons. The molecule has 1 heterocycles. The SMILES string of the molecule is CS(=O)(=O)c1ccc(C2NC(=O)Cc3ccccc32)cc1. The number of carbonyl (C=O) groups is 1. The number of rotatable bonds is 2. The zero-order chi connectivity index (χ0) is 15.0. The molecule has 21 heavy (non-hydrogen) atoms. The van der Waals surface area contributed by atoms with Gasteiger partial charge in [0.25, 0.3) is 0 Å². The van der Waals surface area contributed by atoms with Gasteiger partial charge in [-0.25, -0.2) is 8.42 Å². The predicted molar refractivity (Wildman–Crippen MR) is 79.7 cm³/mol. The van der Waals surface area contributed by atoms with Crippen LogP contribution in [0.15, 0.2) is 53.4 Å². The molecule has 1 atom stereocenters. The Hall–Kier alpha value is -2.14. The lowest BCUT2D eigenvalue weighted by Gasteiger charge is -2.27. The van der Waals surface area contributed by atoms with Gasteiger partial charge in [-0.15, -0.1) is 0 Å². The summed E-state index contributed by atoms with van der Waals surface area (Å²) >= 11 is 0. The summed E-state index contributed by atoms with van der Waals surface area (Å²) in [5.41, 5.74) is 2.95. The van der Waals surface area contributed by atoms with Crippen LogP contribution in [0.25, 0.3) is 0 Å². The van der Waals surface area contributed by atoms with Crippen LogP contribution in [0.4, 0.5) is 0 Å². The van der Waals surface area contributed by atoms with Crippen LogP contribution < -0.4 is 5.32 Å². The fourth-order valence-corrected chi connectivity index (χ4v) is 3.24. The Balaban J connectivity index is 2.03. The molecule has 3 rings (SSSR count). The monoisotopic (exact) mass is 301 g/mol. The minimum Gasteiger partial charge on any atom is -0.345 e. The van der Waals surface area contributed by atoms with Gasteiger partial charge in [0.1, 0.15) is 0 Å². The van der Waals surface area contributed by atoms with Gasteiger partial charge in [0.05, 0.1) is 17.4 Å². The Morgan fingerprint density at radius 2 is 1.71 bits per heavy atom. The van der Waals surface area contributed by atoms with Gasteiger partial charge < -0.3 is 5.32 Å². The summed E-state index contributed by atoms with van der Waals surface area (Å²) in [5.74, 6) is -0.0223. The number of hydrogen-bond acceptors (Lipinski definition) is 3. The van der Waals surface area contributed by atoms with E-state index in [1.54, 1.807) is 24.3 Å². The van der Waals surface area contributed by atoms with E-state index in [1.165, 1.54) is 6.26 Å². The van der Waals surface area contributed by atoms with E-state index in [1.807, 2.05) is 24.3 Å². The molecule has 0 spiro atoms. The predicted octanol–water partition coefficient (Wildman–Crippen LogP) is 1.85. The van der Waals surface area contributed by atoms with Crippen molar-refractivity contribution in [2.45, 2.75) is 17.4 Å². The molecule has 5 heteroatoms. The maximum Gasteiger partial charge on any atom is 0.225 e. The molecule has 0 radical (unpaired) electrons. The smallest absolute Gasteiger partial charge is 0.225 e. The normalized spacial score (nSPS) is 18.0. The first-order chi connectivity index (χ1) is 9.95. The number of amides is 1. The second-order valence-corrected chi connectivity index (χ2v) is 7.23. The third-order valence-corrected chi connectivity index (χ3v) is 4.79. The van der Waals surface area contributed by atoms with Crippen LogP contribution in [-0.4, -0.2) is 20.6 Å². The van der Waals surface area contributed by atoms with Crippen LogP contribution in [0.2, 0.25) is 0 Å². The van der Waals surface area contributed by atoms with E-state index in [4.69, 9.17) is 0 Å². The zero-order valence-electron chi connectivity index (χ0n) is 11.5. The van der Waals surface area contributed by atoms with Crippen LogP contribution in [0.3, 0.4) is 0 Å². The fourth-order valence-electron chi connectivity index (χ4n) is 2.61. The summed E-state index contributed by atoms with van der Waals surface area (Å²) in [7, 11) is -3.21. The summed E-state index contributed by atoms with van der Waals surface area (Å²) in [4.78, 5) is 12.1. The van der Waals surface area contributed by atoms with Crippen molar-refractivity contribution < 1.29 is 13.2 Å². The molecule has 2 aromatic rings. The van der Waals surface area contributed by atoms with Crippen molar-refractivity contribution >= 4 is 15.7 Å². The van der Waals surface area contributed by atoms with Crippen molar-refractivity contribution in [1.29, 1.82) is 0 Å². The molecule has 1 unspecified atom stereocenters. The summed E-state index contributed by atoms with van der Waals surface area (Å²) in [6, 6.07) is 14.2. The topological polar surface area (TPSA) is 63.2 Å². The molecule has 0 saturated carbocycles. The van der Waals surface area contributed by atoms with E-state index in [-0.39, 0.29) is 16.8 Å². The van der Waals surface area contributed by atoms with Gasteiger partial charge in [-0.2, -0.15) is 0 Å². The average Bonchev–Trinajstić information content (AvgIpc) is 2.45. The highest BCUT2D eigenvalue weighted by Gasteiger charge is 2.25. The summed E-state index contributed by atoms with van der Waals surface area (Å²) in [6.07, 6.45) is 1.56.